The number of thioether (sulfide) groups is 1. The summed E-state index contributed by atoms with van der Waals surface area (Å²) in [6, 6.07) is 18.1. The molecule has 0 aliphatic rings. The average molecular weight is 348 g/mol. The zero-order chi connectivity index (χ0) is 17.8. The molecule has 25 heavy (non-hydrogen) atoms. The number of hydrogen-bond donors (Lipinski definition) is 0. The Morgan fingerprint density at radius 2 is 1.80 bits per heavy atom. The molecule has 3 rings (SSSR count). The summed E-state index contributed by atoms with van der Waals surface area (Å²) in [5, 5.41) is 18.6. The van der Waals surface area contributed by atoms with Gasteiger partial charge in [-0.05, 0) is 36.2 Å². The van der Waals surface area contributed by atoms with Crippen LogP contribution >= 0.6 is 11.8 Å². The molecular weight excluding hydrogens is 328 g/mol. The summed E-state index contributed by atoms with van der Waals surface area (Å²) in [6.07, 6.45) is 0. The normalized spacial score (nSPS) is 10.8. The zero-order valence-corrected chi connectivity index (χ0v) is 15.4. The molecule has 5 heteroatoms. The molecule has 0 bridgehead atoms. The highest BCUT2D eigenvalue weighted by atomic mass is 32.2. The quantitative estimate of drug-likeness (QED) is 0.618. The van der Waals surface area contributed by atoms with E-state index in [0.29, 0.717) is 5.56 Å². The Labute approximate surface area is 152 Å². The molecular formula is C20H20N4S. The van der Waals surface area contributed by atoms with Crippen molar-refractivity contribution in [3.05, 3.63) is 71.0 Å². The molecule has 0 atom stereocenters. The van der Waals surface area contributed by atoms with Gasteiger partial charge in [-0.3, -0.25) is 4.57 Å². The number of aromatic nitrogens is 3. The molecule has 0 saturated heterocycles. The number of aryl methyl sites for hydroxylation is 1. The maximum Gasteiger partial charge on any atom is 0.196 e. The van der Waals surface area contributed by atoms with Gasteiger partial charge in [-0.15, -0.1) is 10.2 Å². The highest BCUT2D eigenvalue weighted by Gasteiger charge is 2.18. The molecule has 0 unspecified atom stereocenters. The Bertz CT molecular complexity index is 904. The number of benzene rings is 2. The number of nitriles is 1. The zero-order valence-electron chi connectivity index (χ0n) is 14.6. The molecule has 1 aromatic heterocycles. The van der Waals surface area contributed by atoms with Gasteiger partial charge in [-0.1, -0.05) is 55.9 Å². The van der Waals surface area contributed by atoms with Gasteiger partial charge in [-0.2, -0.15) is 5.26 Å². The molecule has 0 spiro atoms. The van der Waals surface area contributed by atoms with E-state index in [-0.39, 0.29) is 5.92 Å². The third-order valence-corrected chi connectivity index (χ3v) is 4.98. The lowest BCUT2D eigenvalue weighted by Gasteiger charge is -2.14. The van der Waals surface area contributed by atoms with Crippen LogP contribution in [0.4, 0.5) is 0 Å². The van der Waals surface area contributed by atoms with Gasteiger partial charge in [0.1, 0.15) is 5.82 Å². The van der Waals surface area contributed by atoms with E-state index >= 15 is 0 Å². The third-order valence-electron chi connectivity index (χ3n) is 3.98. The van der Waals surface area contributed by atoms with Crippen LogP contribution in [0, 0.1) is 18.3 Å². The summed E-state index contributed by atoms with van der Waals surface area (Å²) < 4.78 is 2.16. The molecule has 0 fully saturated rings. The lowest BCUT2D eigenvalue weighted by Crippen LogP contribution is -2.06. The van der Waals surface area contributed by atoms with Gasteiger partial charge in [0.25, 0.3) is 0 Å². The number of hydrogen-bond acceptors (Lipinski definition) is 4. The van der Waals surface area contributed by atoms with E-state index in [2.05, 4.69) is 53.7 Å². The average Bonchev–Trinajstić information content (AvgIpc) is 3.05. The molecule has 0 amide bonds. The number of rotatable bonds is 5. The van der Waals surface area contributed by atoms with Crippen LogP contribution in [0.2, 0.25) is 0 Å². The summed E-state index contributed by atoms with van der Waals surface area (Å²) >= 11 is 1.66. The van der Waals surface area contributed by atoms with Crippen molar-refractivity contribution in [2.45, 2.75) is 37.6 Å². The van der Waals surface area contributed by atoms with Gasteiger partial charge in [0.2, 0.25) is 0 Å². The van der Waals surface area contributed by atoms with Crippen molar-refractivity contribution in [3.8, 4) is 11.8 Å². The van der Waals surface area contributed by atoms with Crippen molar-refractivity contribution in [1.29, 1.82) is 5.26 Å². The van der Waals surface area contributed by atoms with E-state index in [1.807, 2.05) is 36.4 Å². The van der Waals surface area contributed by atoms with Crippen molar-refractivity contribution in [1.82, 2.24) is 14.8 Å². The first-order valence-corrected chi connectivity index (χ1v) is 9.22. The highest BCUT2D eigenvalue weighted by molar-refractivity contribution is 7.98. The first-order chi connectivity index (χ1) is 12.1. The van der Waals surface area contributed by atoms with Crippen LogP contribution in [-0.4, -0.2) is 14.8 Å². The Hall–Kier alpha value is -2.58. The van der Waals surface area contributed by atoms with Gasteiger partial charge in [0.05, 0.1) is 17.3 Å². The molecule has 4 nitrogen and oxygen atoms in total. The molecule has 0 aliphatic heterocycles. The van der Waals surface area contributed by atoms with Crippen LogP contribution < -0.4 is 0 Å². The predicted octanol–water partition coefficient (Wildman–Crippen LogP) is 4.86. The fourth-order valence-electron chi connectivity index (χ4n) is 2.61. The summed E-state index contributed by atoms with van der Waals surface area (Å²) in [7, 11) is 0. The van der Waals surface area contributed by atoms with Gasteiger partial charge >= 0.3 is 0 Å². The first-order valence-electron chi connectivity index (χ1n) is 8.23. The van der Waals surface area contributed by atoms with Crippen molar-refractivity contribution < 1.29 is 0 Å². The Balaban J connectivity index is 1.91. The van der Waals surface area contributed by atoms with Crippen LogP contribution in [0.15, 0.2) is 53.7 Å². The fourth-order valence-corrected chi connectivity index (χ4v) is 3.52. The van der Waals surface area contributed by atoms with Crippen LogP contribution in [0.3, 0.4) is 0 Å². The molecule has 0 N–H and O–H groups in total. The minimum absolute atomic E-state index is 0.288. The first kappa shape index (κ1) is 17.2. The van der Waals surface area contributed by atoms with E-state index < -0.39 is 0 Å². The van der Waals surface area contributed by atoms with Crippen LogP contribution in [-0.2, 0) is 5.75 Å². The van der Waals surface area contributed by atoms with Crippen molar-refractivity contribution in [3.63, 3.8) is 0 Å². The number of nitrogens with zero attached hydrogens (tertiary/aromatic N) is 4. The van der Waals surface area contributed by atoms with Gasteiger partial charge in [0.15, 0.2) is 5.16 Å². The maximum absolute atomic E-state index is 8.90. The largest absolute Gasteiger partial charge is 0.274 e. The third kappa shape index (κ3) is 3.75. The van der Waals surface area contributed by atoms with Crippen LogP contribution in [0.5, 0.6) is 0 Å². The van der Waals surface area contributed by atoms with Crippen LogP contribution in [0.1, 0.15) is 42.3 Å². The highest BCUT2D eigenvalue weighted by Crippen LogP contribution is 2.29. The molecule has 0 radical (unpaired) electrons. The molecule has 2 aromatic carbocycles. The Morgan fingerprint density at radius 3 is 2.44 bits per heavy atom. The molecule has 0 saturated carbocycles. The summed E-state index contributed by atoms with van der Waals surface area (Å²) in [6.45, 7) is 6.37. The number of para-hydroxylation sites is 1. The van der Waals surface area contributed by atoms with E-state index in [9.17, 15) is 0 Å². The van der Waals surface area contributed by atoms with E-state index in [1.165, 1.54) is 5.56 Å². The summed E-state index contributed by atoms with van der Waals surface area (Å²) in [5.41, 5.74) is 4.16. The SMILES string of the molecule is Cc1ccccc1-n1c(SCc2ccc(C#N)cc2)nnc1C(C)C. The molecule has 3 aromatic rings. The Kier molecular flexibility index (Phi) is 5.20. The molecule has 1 heterocycles. The van der Waals surface area contributed by atoms with Crippen molar-refractivity contribution in [2.24, 2.45) is 0 Å². The van der Waals surface area contributed by atoms with Gasteiger partial charge < -0.3 is 0 Å². The second kappa shape index (κ2) is 7.54. The monoisotopic (exact) mass is 348 g/mol. The lowest BCUT2D eigenvalue weighted by atomic mass is 10.1. The smallest absolute Gasteiger partial charge is 0.196 e. The van der Waals surface area contributed by atoms with E-state index in [4.69, 9.17) is 5.26 Å². The Morgan fingerprint density at radius 1 is 1.08 bits per heavy atom. The molecule has 0 aliphatic carbocycles. The summed E-state index contributed by atoms with van der Waals surface area (Å²) in [4.78, 5) is 0. The van der Waals surface area contributed by atoms with Crippen LogP contribution in [0.25, 0.3) is 5.69 Å². The van der Waals surface area contributed by atoms with E-state index in [0.717, 1.165) is 28.0 Å². The van der Waals surface area contributed by atoms with Gasteiger partial charge in [0, 0.05) is 11.7 Å². The fraction of sp³-hybridized carbons (Fsp3) is 0.250. The minimum atomic E-state index is 0.288. The predicted molar refractivity (Wildman–Crippen MR) is 101 cm³/mol. The summed E-state index contributed by atoms with van der Waals surface area (Å²) in [5.74, 6) is 2.04. The van der Waals surface area contributed by atoms with Gasteiger partial charge in [-0.25, -0.2) is 0 Å². The lowest BCUT2D eigenvalue weighted by molar-refractivity contribution is 0.730. The second-order valence-electron chi connectivity index (χ2n) is 6.21. The topological polar surface area (TPSA) is 54.5 Å². The second-order valence-corrected chi connectivity index (χ2v) is 7.16. The standard InChI is InChI=1S/C20H20N4S/c1-14(2)19-22-23-20(24(19)18-7-5-4-6-15(18)3)25-13-17-10-8-16(12-21)9-11-17/h4-11,14H,13H2,1-3H3. The molecule has 126 valence electrons. The minimum Gasteiger partial charge on any atom is -0.274 e. The van der Waals surface area contributed by atoms with Crippen molar-refractivity contribution in [2.75, 3.05) is 0 Å². The van der Waals surface area contributed by atoms with Crippen molar-refractivity contribution >= 4 is 11.8 Å². The van der Waals surface area contributed by atoms with E-state index in [1.54, 1.807) is 11.8 Å². The maximum atomic E-state index is 8.90.